The van der Waals surface area contributed by atoms with Crippen molar-refractivity contribution >= 4 is 17.3 Å². The number of Topliss-reactive ketones (excluding diaryl/α,β-unsaturated/α-hetero) is 2. The molecule has 1 aliphatic heterocycles. The van der Waals surface area contributed by atoms with Crippen LogP contribution in [0.25, 0.3) is 0 Å². The molecule has 2 atom stereocenters. The zero-order valence-electron chi connectivity index (χ0n) is 18.4. The Bertz CT molecular complexity index is 1160. The van der Waals surface area contributed by atoms with Gasteiger partial charge in [0.1, 0.15) is 6.04 Å². The third-order valence-electron chi connectivity index (χ3n) is 6.29. The molecule has 0 saturated heterocycles. The van der Waals surface area contributed by atoms with Crippen LogP contribution in [0.1, 0.15) is 46.8 Å². The number of hydrogen-bond donors (Lipinski definition) is 0. The van der Waals surface area contributed by atoms with Crippen LogP contribution in [-0.4, -0.2) is 17.6 Å². The first-order chi connectivity index (χ1) is 14.9. The number of aryl methyl sites for hydroxylation is 2. The second-order valence-corrected chi connectivity index (χ2v) is 8.26. The summed E-state index contributed by atoms with van der Waals surface area (Å²) in [6.07, 6.45) is 0. The molecule has 0 N–H and O–H groups in total. The van der Waals surface area contributed by atoms with Crippen molar-refractivity contribution in [2.24, 2.45) is 0 Å². The summed E-state index contributed by atoms with van der Waals surface area (Å²) in [5.74, 6) is -0.306. The van der Waals surface area contributed by atoms with Crippen molar-refractivity contribution in [3.63, 3.8) is 0 Å². The van der Waals surface area contributed by atoms with Crippen LogP contribution in [0, 0.1) is 13.8 Å². The largest absolute Gasteiger partial charge is 0.333 e. The van der Waals surface area contributed by atoms with Gasteiger partial charge in [0.05, 0.1) is 0 Å². The van der Waals surface area contributed by atoms with Crippen LogP contribution in [0.5, 0.6) is 0 Å². The topological polar surface area (TPSA) is 37.4 Å². The molecule has 0 saturated carbocycles. The molecule has 3 aromatic carbocycles. The Morgan fingerprint density at radius 3 is 1.97 bits per heavy atom. The van der Waals surface area contributed by atoms with E-state index in [-0.39, 0.29) is 17.5 Å². The van der Waals surface area contributed by atoms with Crippen molar-refractivity contribution in [3.05, 3.63) is 112 Å². The van der Waals surface area contributed by atoms with Crippen molar-refractivity contribution in [1.82, 2.24) is 0 Å². The van der Waals surface area contributed by atoms with Crippen LogP contribution in [0.4, 0.5) is 5.69 Å². The van der Waals surface area contributed by atoms with Crippen molar-refractivity contribution in [3.8, 4) is 0 Å². The number of nitrogens with zero attached hydrogens (tertiary/aromatic N) is 1. The molecule has 3 heteroatoms. The van der Waals surface area contributed by atoms with Gasteiger partial charge in [0.15, 0.2) is 11.6 Å². The van der Waals surface area contributed by atoms with Gasteiger partial charge in [0.25, 0.3) is 0 Å². The number of benzene rings is 3. The normalized spacial score (nSPS) is 18.4. The Balaban J connectivity index is 1.95. The molecular formula is C28H27NO2. The van der Waals surface area contributed by atoms with Gasteiger partial charge in [-0.2, -0.15) is 0 Å². The number of rotatable bonds is 5. The average Bonchev–Trinajstić information content (AvgIpc) is 3.09. The third-order valence-corrected chi connectivity index (χ3v) is 6.29. The first-order valence-electron chi connectivity index (χ1n) is 10.6. The van der Waals surface area contributed by atoms with Gasteiger partial charge >= 0.3 is 0 Å². The maximum atomic E-state index is 13.9. The fourth-order valence-electron chi connectivity index (χ4n) is 4.62. The molecule has 1 heterocycles. The molecule has 4 rings (SSSR count). The van der Waals surface area contributed by atoms with Gasteiger partial charge < -0.3 is 4.90 Å². The van der Waals surface area contributed by atoms with E-state index in [9.17, 15) is 9.59 Å². The van der Waals surface area contributed by atoms with Crippen molar-refractivity contribution < 1.29 is 9.59 Å². The minimum Gasteiger partial charge on any atom is -0.333 e. The molecule has 156 valence electrons. The van der Waals surface area contributed by atoms with Crippen molar-refractivity contribution in [2.45, 2.75) is 39.7 Å². The summed E-state index contributed by atoms with van der Waals surface area (Å²) in [5.41, 5.74) is 6.47. The summed E-state index contributed by atoms with van der Waals surface area (Å²) in [6, 6.07) is 25.0. The quantitative estimate of drug-likeness (QED) is 0.484. The molecule has 0 aliphatic carbocycles. The summed E-state index contributed by atoms with van der Waals surface area (Å²) in [5, 5.41) is 0. The first-order valence-corrected chi connectivity index (χ1v) is 10.6. The Hall–Kier alpha value is -3.46. The number of ketones is 2. The average molecular weight is 410 g/mol. The van der Waals surface area contributed by atoms with Gasteiger partial charge in [0, 0.05) is 28.4 Å². The summed E-state index contributed by atoms with van der Waals surface area (Å²) >= 11 is 0. The minimum atomic E-state index is -0.522. The molecule has 1 aliphatic rings. The highest BCUT2D eigenvalue weighted by Gasteiger charge is 2.46. The molecule has 3 aromatic rings. The smallest absolute Gasteiger partial charge is 0.186 e. The van der Waals surface area contributed by atoms with E-state index in [1.54, 1.807) is 6.92 Å². The molecule has 0 aromatic heterocycles. The third kappa shape index (κ3) is 3.72. The maximum absolute atomic E-state index is 13.9. The summed E-state index contributed by atoms with van der Waals surface area (Å²) in [6.45, 7) is 7.71. The van der Waals surface area contributed by atoms with E-state index in [0.29, 0.717) is 11.1 Å². The van der Waals surface area contributed by atoms with E-state index >= 15 is 0 Å². The standard InChI is InChI=1S/C28H27NO2/c1-18-15-16-24(17-19(18)2)29-20(3)25(21(4)30)26(22-11-7-5-8-12-22)27(29)28(31)23-13-9-6-10-14-23/h5-17,26-27H,1-4H3. The lowest BCUT2D eigenvalue weighted by Crippen LogP contribution is -2.40. The second-order valence-electron chi connectivity index (χ2n) is 8.26. The highest BCUT2D eigenvalue weighted by molar-refractivity contribution is 6.08. The van der Waals surface area contributed by atoms with Gasteiger partial charge in [-0.15, -0.1) is 0 Å². The lowest BCUT2D eigenvalue weighted by molar-refractivity contribution is -0.113. The van der Waals surface area contributed by atoms with Crippen LogP contribution >= 0.6 is 0 Å². The highest BCUT2D eigenvalue weighted by Crippen LogP contribution is 2.45. The molecule has 0 fully saturated rings. The molecule has 31 heavy (non-hydrogen) atoms. The number of anilines is 1. The predicted molar refractivity (Wildman–Crippen MR) is 126 cm³/mol. The lowest BCUT2D eigenvalue weighted by atomic mass is 9.82. The van der Waals surface area contributed by atoms with E-state index in [1.807, 2.05) is 73.7 Å². The van der Waals surface area contributed by atoms with E-state index in [1.165, 1.54) is 5.56 Å². The van der Waals surface area contributed by atoms with Gasteiger partial charge in [0.2, 0.25) is 0 Å². The molecule has 0 bridgehead atoms. The van der Waals surface area contributed by atoms with Crippen molar-refractivity contribution in [2.75, 3.05) is 4.90 Å². The predicted octanol–water partition coefficient (Wildman–Crippen LogP) is 6.02. The molecule has 3 nitrogen and oxygen atoms in total. The SMILES string of the molecule is CC(=O)C1=C(C)N(c2ccc(C)c(C)c2)C(C(=O)c2ccccc2)C1c1ccccc1. The van der Waals surface area contributed by atoms with E-state index in [4.69, 9.17) is 0 Å². The minimum absolute atomic E-state index is 0.00329. The van der Waals surface area contributed by atoms with E-state index in [0.717, 1.165) is 22.5 Å². The van der Waals surface area contributed by atoms with Gasteiger partial charge in [-0.1, -0.05) is 66.7 Å². The molecule has 0 spiro atoms. The van der Waals surface area contributed by atoms with Crippen molar-refractivity contribution in [1.29, 1.82) is 0 Å². The number of carbonyl (C=O) groups is 2. The lowest BCUT2D eigenvalue weighted by Gasteiger charge is -2.31. The fourth-order valence-corrected chi connectivity index (χ4v) is 4.62. The number of carbonyl (C=O) groups excluding carboxylic acids is 2. The molecular weight excluding hydrogens is 382 g/mol. The number of allylic oxidation sites excluding steroid dienone is 1. The Kier molecular flexibility index (Phi) is 5.60. The van der Waals surface area contributed by atoms with Gasteiger partial charge in [-0.05, 0) is 56.5 Å². The Morgan fingerprint density at radius 1 is 0.774 bits per heavy atom. The van der Waals surface area contributed by atoms with E-state index < -0.39 is 6.04 Å². The second kappa shape index (κ2) is 8.35. The Morgan fingerprint density at radius 2 is 1.39 bits per heavy atom. The molecule has 2 unspecified atom stereocenters. The van der Waals surface area contributed by atoms with Crippen LogP contribution in [-0.2, 0) is 4.79 Å². The fraction of sp³-hybridized carbons (Fsp3) is 0.214. The highest BCUT2D eigenvalue weighted by atomic mass is 16.1. The maximum Gasteiger partial charge on any atom is 0.186 e. The monoisotopic (exact) mass is 409 g/mol. The van der Waals surface area contributed by atoms with Crippen LogP contribution < -0.4 is 4.90 Å². The summed E-state index contributed by atoms with van der Waals surface area (Å²) < 4.78 is 0. The summed E-state index contributed by atoms with van der Waals surface area (Å²) in [7, 11) is 0. The molecule has 0 radical (unpaired) electrons. The van der Waals surface area contributed by atoms with Crippen LogP contribution in [0.3, 0.4) is 0 Å². The number of hydrogen-bond acceptors (Lipinski definition) is 3. The molecule has 0 amide bonds. The van der Waals surface area contributed by atoms with Gasteiger partial charge in [-0.3, -0.25) is 9.59 Å². The van der Waals surface area contributed by atoms with Crippen LogP contribution in [0.15, 0.2) is 90.1 Å². The van der Waals surface area contributed by atoms with Crippen LogP contribution in [0.2, 0.25) is 0 Å². The van der Waals surface area contributed by atoms with E-state index in [2.05, 4.69) is 30.9 Å². The zero-order valence-corrected chi connectivity index (χ0v) is 18.4. The van der Waals surface area contributed by atoms with Gasteiger partial charge in [-0.25, -0.2) is 0 Å². The Labute approximate surface area is 184 Å². The zero-order chi connectivity index (χ0) is 22.1. The first kappa shape index (κ1) is 20.8. The summed E-state index contributed by atoms with van der Waals surface area (Å²) in [4.78, 5) is 28.8.